The molecule has 0 aromatic carbocycles. The molecular formula is C22H27NO4S. The van der Waals surface area contributed by atoms with Gasteiger partial charge >= 0.3 is 5.97 Å². The van der Waals surface area contributed by atoms with E-state index in [1.165, 1.54) is 23.3 Å². The predicted molar refractivity (Wildman–Crippen MR) is 106 cm³/mol. The van der Waals surface area contributed by atoms with Gasteiger partial charge in [0, 0.05) is 4.88 Å². The van der Waals surface area contributed by atoms with Crippen molar-refractivity contribution in [3.05, 3.63) is 16.0 Å². The Kier molecular flexibility index (Phi) is 3.77. The second kappa shape index (κ2) is 6.05. The quantitative estimate of drug-likeness (QED) is 0.751. The Hall–Kier alpha value is -1.40. The van der Waals surface area contributed by atoms with Crippen LogP contribution in [0.25, 0.3) is 0 Å². The van der Waals surface area contributed by atoms with E-state index in [-0.39, 0.29) is 18.0 Å². The van der Waals surface area contributed by atoms with Crippen molar-refractivity contribution in [1.82, 2.24) is 0 Å². The second-order valence-corrected chi connectivity index (χ2v) is 10.6. The molecule has 6 aliphatic rings. The van der Waals surface area contributed by atoms with Crippen LogP contribution in [0.15, 0.2) is 0 Å². The number of amides is 1. The lowest BCUT2D eigenvalue weighted by Crippen LogP contribution is -2.60. The Bertz CT molecular complexity index is 824. The summed E-state index contributed by atoms with van der Waals surface area (Å²) < 4.78 is 11.7. The molecule has 6 bridgehead atoms. The molecule has 5 nitrogen and oxygen atoms in total. The zero-order valence-electron chi connectivity index (χ0n) is 16.3. The summed E-state index contributed by atoms with van der Waals surface area (Å²) in [6.07, 6.45) is 8.86. The highest BCUT2D eigenvalue weighted by atomic mass is 32.1. The molecule has 1 N–H and O–H groups in total. The number of anilines is 1. The van der Waals surface area contributed by atoms with E-state index in [1.54, 1.807) is 11.3 Å². The van der Waals surface area contributed by atoms with Gasteiger partial charge < -0.3 is 14.8 Å². The van der Waals surface area contributed by atoms with Crippen molar-refractivity contribution >= 4 is 28.2 Å². The Morgan fingerprint density at radius 1 is 1.14 bits per heavy atom. The second-order valence-electron chi connectivity index (χ2n) is 9.55. The minimum absolute atomic E-state index is 0.0376. The van der Waals surface area contributed by atoms with Gasteiger partial charge in [-0.15, -0.1) is 11.3 Å². The van der Waals surface area contributed by atoms with Gasteiger partial charge in [0.2, 0.25) is 0 Å². The number of ether oxygens (including phenoxy) is 2. The van der Waals surface area contributed by atoms with Crippen LogP contribution in [0.3, 0.4) is 0 Å². The number of rotatable bonds is 4. The lowest BCUT2D eigenvalue weighted by Gasteiger charge is -2.55. The van der Waals surface area contributed by atoms with Crippen LogP contribution in [-0.2, 0) is 14.3 Å². The van der Waals surface area contributed by atoms with E-state index >= 15 is 0 Å². The minimum Gasteiger partial charge on any atom is -0.462 e. The molecule has 1 amide bonds. The van der Waals surface area contributed by atoms with Crippen LogP contribution < -0.4 is 5.32 Å². The molecule has 150 valence electrons. The average Bonchev–Trinajstić information content (AvgIpc) is 3.32. The molecule has 1 aromatic rings. The maximum absolute atomic E-state index is 13.4. The fourth-order valence-corrected chi connectivity index (χ4v) is 8.38. The highest BCUT2D eigenvalue weighted by molar-refractivity contribution is 7.17. The summed E-state index contributed by atoms with van der Waals surface area (Å²) in [4.78, 5) is 27.5. The summed E-state index contributed by atoms with van der Waals surface area (Å²) in [5.74, 6) is 1.92. The molecule has 0 spiro atoms. The van der Waals surface area contributed by atoms with Crippen LogP contribution in [0.5, 0.6) is 0 Å². The molecule has 4 unspecified atom stereocenters. The SMILES string of the molecule is CCOC(=O)c1c(NC(=O)C23CC4CC(CC(C4)O2)C3)sc2c1C1CCC2C1. The van der Waals surface area contributed by atoms with Gasteiger partial charge in [-0.25, -0.2) is 4.79 Å². The number of carbonyl (C=O) groups excluding carboxylic acids is 2. The number of nitrogens with one attached hydrogen (secondary N) is 1. The molecule has 7 rings (SSSR count). The van der Waals surface area contributed by atoms with E-state index in [0.717, 1.165) is 38.5 Å². The van der Waals surface area contributed by atoms with Crippen molar-refractivity contribution in [2.24, 2.45) is 11.8 Å². The number of esters is 1. The maximum Gasteiger partial charge on any atom is 0.341 e. The van der Waals surface area contributed by atoms with Crippen molar-refractivity contribution in [3.63, 3.8) is 0 Å². The lowest BCUT2D eigenvalue weighted by molar-refractivity contribution is -0.215. The molecule has 1 aromatic heterocycles. The van der Waals surface area contributed by atoms with E-state index in [9.17, 15) is 9.59 Å². The first-order valence-electron chi connectivity index (χ1n) is 10.9. The molecule has 0 radical (unpaired) electrons. The van der Waals surface area contributed by atoms with E-state index in [4.69, 9.17) is 9.47 Å². The van der Waals surface area contributed by atoms with Crippen LogP contribution in [0.2, 0.25) is 0 Å². The van der Waals surface area contributed by atoms with Gasteiger partial charge in [-0.1, -0.05) is 0 Å². The first-order chi connectivity index (χ1) is 13.6. The number of fused-ring (bicyclic) bond motifs is 5. The fraction of sp³-hybridized carbons (Fsp3) is 0.727. The van der Waals surface area contributed by atoms with Gasteiger partial charge in [0.05, 0.1) is 18.3 Å². The van der Waals surface area contributed by atoms with Crippen molar-refractivity contribution in [2.75, 3.05) is 11.9 Å². The number of hydrogen-bond donors (Lipinski definition) is 1. The molecule has 2 saturated heterocycles. The van der Waals surface area contributed by atoms with Gasteiger partial charge in [0.25, 0.3) is 5.91 Å². The third-order valence-electron chi connectivity index (χ3n) is 7.79. The molecular weight excluding hydrogens is 374 g/mol. The Balaban J connectivity index is 1.33. The number of thiophene rings is 1. The third-order valence-corrected chi connectivity index (χ3v) is 9.08. The smallest absolute Gasteiger partial charge is 0.341 e. The number of carbonyl (C=O) groups is 2. The minimum atomic E-state index is -0.686. The monoisotopic (exact) mass is 401 g/mol. The third kappa shape index (κ3) is 2.40. The Labute approximate surface area is 169 Å². The molecule has 2 aliphatic heterocycles. The van der Waals surface area contributed by atoms with Crippen molar-refractivity contribution < 1.29 is 19.1 Å². The first kappa shape index (κ1) is 17.5. The van der Waals surface area contributed by atoms with Crippen molar-refractivity contribution in [2.45, 2.75) is 81.8 Å². The Morgan fingerprint density at radius 2 is 1.89 bits per heavy atom. The molecule has 4 atom stereocenters. The van der Waals surface area contributed by atoms with Crippen LogP contribution in [0, 0.1) is 11.8 Å². The van der Waals surface area contributed by atoms with E-state index < -0.39 is 5.60 Å². The van der Waals surface area contributed by atoms with Crippen LogP contribution >= 0.6 is 11.3 Å². The van der Waals surface area contributed by atoms with Gasteiger partial charge in [-0.2, -0.15) is 0 Å². The molecule has 5 fully saturated rings. The molecule has 6 heteroatoms. The van der Waals surface area contributed by atoms with E-state index in [2.05, 4.69) is 5.32 Å². The summed E-state index contributed by atoms with van der Waals surface area (Å²) in [7, 11) is 0. The van der Waals surface area contributed by atoms with Crippen LogP contribution in [-0.4, -0.2) is 30.2 Å². The topological polar surface area (TPSA) is 64.6 Å². The normalized spacial score (nSPS) is 39.2. The van der Waals surface area contributed by atoms with Crippen molar-refractivity contribution in [1.29, 1.82) is 0 Å². The molecule has 3 heterocycles. The van der Waals surface area contributed by atoms with Gasteiger partial charge in [0.1, 0.15) is 10.6 Å². The van der Waals surface area contributed by atoms with E-state index in [0.29, 0.717) is 40.8 Å². The summed E-state index contributed by atoms with van der Waals surface area (Å²) in [6, 6.07) is 0. The van der Waals surface area contributed by atoms with Crippen molar-refractivity contribution in [3.8, 4) is 0 Å². The highest BCUT2D eigenvalue weighted by Gasteiger charge is 2.56. The average molecular weight is 402 g/mol. The largest absolute Gasteiger partial charge is 0.462 e. The standard InChI is InChI=1S/C22H27NO4S/c1-2-26-20(24)17-16-13-3-4-14(8-13)18(16)28-19(17)23-21(25)22-9-11-5-12(10-22)7-15(6-11)27-22/h11-15H,2-10H2,1H3,(H,23,25). The maximum atomic E-state index is 13.4. The molecule has 28 heavy (non-hydrogen) atoms. The summed E-state index contributed by atoms with van der Waals surface area (Å²) in [5.41, 5.74) is 1.11. The fourth-order valence-electron chi connectivity index (χ4n) is 6.97. The first-order valence-corrected chi connectivity index (χ1v) is 11.7. The predicted octanol–water partition coefficient (Wildman–Crippen LogP) is 4.58. The van der Waals surface area contributed by atoms with Gasteiger partial charge in [-0.3, -0.25) is 4.79 Å². The van der Waals surface area contributed by atoms with Gasteiger partial charge in [0.15, 0.2) is 0 Å². The zero-order chi connectivity index (χ0) is 19.0. The highest BCUT2D eigenvalue weighted by Crippen LogP contribution is 2.59. The number of hydrogen-bond acceptors (Lipinski definition) is 5. The van der Waals surface area contributed by atoms with Crippen LogP contribution in [0.1, 0.15) is 90.9 Å². The van der Waals surface area contributed by atoms with Crippen LogP contribution in [0.4, 0.5) is 5.00 Å². The molecule has 4 aliphatic carbocycles. The van der Waals surface area contributed by atoms with Gasteiger partial charge in [-0.05, 0) is 87.5 Å². The zero-order valence-corrected chi connectivity index (χ0v) is 17.1. The summed E-state index contributed by atoms with van der Waals surface area (Å²) in [6.45, 7) is 2.18. The Morgan fingerprint density at radius 3 is 2.61 bits per heavy atom. The lowest BCUT2D eigenvalue weighted by atomic mass is 9.62. The molecule has 3 saturated carbocycles. The summed E-state index contributed by atoms with van der Waals surface area (Å²) in [5, 5.41) is 3.86. The summed E-state index contributed by atoms with van der Waals surface area (Å²) >= 11 is 1.61. The van der Waals surface area contributed by atoms with E-state index in [1.807, 2.05) is 6.92 Å².